The zero-order valence-electron chi connectivity index (χ0n) is 43.9. The van der Waals surface area contributed by atoms with Crippen LogP contribution in [0, 0.1) is 56.7 Å². The molecule has 72 heavy (non-hydrogen) atoms. The number of allylic oxidation sites excluding steroid dienone is 2. The molecule has 1 aromatic carbocycles. The lowest BCUT2D eigenvalue weighted by molar-refractivity contribution is -0.393. The molecule has 0 aromatic heterocycles. The number of aliphatic hydroxyl groups excluding tert-OH is 8. The molecule has 17 nitrogen and oxygen atoms in total. The van der Waals surface area contributed by atoms with E-state index in [1.165, 1.54) is 19.4 Å². The Labute approximate surface area is 424 Å². The summed E-state index contributed by atoms with van der Waals surface area (Å²) in [5.74, 6) is 2.33. The first-order valence-electron chi connectivity index (χ1n) is 26.8. The molecule has 406 valence electrons. The van der Waals surface area contributed by atoms with E-state index in [4.69, 9.17) is 33.2 Å². The van der Waals surface area contributed by atoms with Gasteiger partial charge < -0.3 is 79.3 Å². The van der Waals surface area contributed by atoms with Crippen LogP contribution in [-0.4, -0.2) is 159 Å². The summed E-state index contributed by atoms with van der Waals surface area (Å²) in [7, 11) is 1.64. The average Bonchev–Trinajstić information content (AvgIpc) is 3.34. The number of rotatable bonds is 10. The summed E-state index contributed by atoms with van der Waals surface area (Å²) >= 11 is 0. The monoisotopic (exact) mass is 1020 g/mol. The van der Waals surface area contributed by atoms with Gasteiger partial charge in [-0.3, -0.25) is 4.79 Å². The highest BCUT2D eigenvalue weighted by atomic mass is 16.8. The summed E-state index contributed by atoms with van der Waals surface area (Å²) in [4.78, 5) is 14.8. The van der Waals surface area contributed by atoms with Crippen LogP contribution in [0.3, 0.4) is 0 Å². The second kappa shape index (κ2) is 19.9. The second-order valence-electron chi connectivity index (χ2n) is 24.8. The van der Waals surface area contributed by atoms with Gasteiger partial charge in [-0.2, -0.15) is 0 Å². The third kappa shape index (κ3) is 8.63. The van der Waals surface area contributed by atoms with E-state index < -0.39 is 116 Å². The molecule has 25 atom stereocenters. The molecule has 5 aliphatic carbocycles. The van der Waals surface area contributed by atoms with Crippen LogP contribution in [0.5, 0.6) is 5.75 Å². The van der Waals surface area contributed by atoms with Crippen molar-refractivity contribution in [3.63, 3.8) is 0 Å². The number of hydrogen-bond donors (Lipinski definition) is 9. The van der Waals surface area contributed by atoms with Gasteiger partial charge in [0.05, 0.1) is 37.4 Å². The van der Waals surface area contributed by atoms with Gasteiger partial charge in [-0.25, -0.2) is 0 Å². The van der Waals surface area contributed by atoms with E-state index in [-0.39, 0.29) is 34.0 Å². The molecule has 3 saturated heterocycles. The number of methoxy groups -OCH3 is 1. The van der Waals surface area contributed by atoms with E-state index in [0.717, 1.165) is 62.8 Å². The number of nitrogens with one attached hydrogen (secondary N) is 1. The van der Waals surface area contributed by atoms with Crippen LogP contribution < -0.4 is 10.1 Å². The van der Waals surface area contributed by atoms with Crippen molar-refractivity contribution in [1.29, 1.82) is 0 Å². The Kier molecular flexibility index (Phi) is 15.1. The zero-order valence-corrected chi connectivity index (χ0v) is 43.9. The van der Waals surface area contributed by atoms with Gasteiger partial charge in [0.15, 0.2) is 18.9 Å². The van der Waals surface area contributed by atoms with Crippen molar-refractivity contribution in [1.82, 2.24) is 0 Å². The van der Waals surface area contributed by atoms with Crippen molar-refractivity contribution in [2.75, 3.05) is 19.0 Å². The molecule has 1 amide bonds. The number of anilines is 1. The van der Waals surface area contributed by atoms with E-state index in [1.54, 1.807) is 7.11 Å². The first-order chi connectivity index (χ1) is 33.9. The summed E-state index contributed by atoms with van der Waals surface area (Å²) < 4.78 is 42.8. The van der Waals surface area contributed by atoms with Gasteiger partial charge in [0.25, 0.3) is 0 Å². The summed E-state index contributed by atoms with van der Waals surface area (Å²) in [5.41, 5.74) is 1.00. The molecule has 1 aromatic rings. The predicted molar refractivity (Wildman–Crippen MR) is 262 cm³/mol. The number of benzene rings is 1. The van der Waals surface area contributed by atoms with Crippen LogP contribution >= 0.6 is 0 Å². The molecule has 17 heteroatoms. The number of hydrogen-bond acceptors (Lipinski definition) is 16. The van der Waals surface area contributed by atoms with E-state index in [9.17, 15) is 45.6 Å². The number of amides is 1. The Balaban J connectivity index is 0.979. The van der Waals surface area contributed by atoms with Crippen molar-refractivity contribution < 1.29 is 78.8 Å². The standard InChI is InChI=1S/C55H85NO16/c1-26-17-22-55(50(65)56-30-11-13-31(66-10)14-12-30)24-23-53(8)32(37(55)27(26)2)15-16-35-52(7)20-19-36(51(5,6)34(52)18-21-54(35,53)9)70-49-46(72-48-43(63)41(61)39(59)29(4)68-48)44(64)45(33(25-57)69-49)71-47-42(62)40(60)38(58)28(3)67-47/h11-15,26-29,33-49,57-64H,16-25H2,1-10H3,(H,56,65)/t26-,27+,28+,29+,33-,34+,35-,36+,37+,38+,39+,40-,41-,42-,43-,44+,45-,46-,47+,48+,49+,52+,53-,54-,55+/m1/s1. The Hall–Kier alpha value is -2.33. The molecule has 9 rings (SSSR count). The first-order valence-corrected chi connectivity index (χ1v) is 26.8. The van der Waals surface area contributed by atoms with Crippen LogP contribution in [0.2, 0.25) is 0 Å². The van der Waals surface area contributed by atoms with Crippen LogP contribution in [-0.2, 0) is 33.2 Å². The molecular formula is C55H85NO16. The zero-order chi connectivity index (χ0) is 52.2. The maximum atomic E-state index is 14.8. The number of fused-ring (bicyclic) bond motifs is 7. The van der Waals surface area contributed by atoms with Crippen molar-refractivity contribution in [3.8, 4) is 5.75 Å². The fourth-order valence-electron chi connectivity index (χ4n) is 16.2. The lowest BCUT2D eigenvalue weighted by Crippen LogP contribution is -2.68. The van der Waals surface area contributed by atoms with Crippen molar-refractivity contribution >= 4 is 11.6 Å². The molecule has 0 unspecified atom stereocenters. The average molecular weight is 1020 g/mol. The lowest BCUT2D eigenvalue weighted by atomic mass is 9.33. The number of aliphatic hydroxyl groups is 8. The van der Waals surface area contributed by atoms with Crippen molar-refractivity contribution in [2.24, 2.45) is 56.7 Å². The summed E-state index contributed by atoms with van der Waals surface area (Å²) in [6.07, 6.45) is -11.9. The third-order valence-electron chi connectivity index (χ3n) is 21.0. The maximum absolute atomic E-state index is 14.8. The number of carbonyl (C=O) groups is 1. The smallest absolute Gasteiger partial charge is 0.231 e. The van der Waals surface area contributed by atoms with Crippen molar-refractivity contribution in [2.45, 2.75) is 218 Å². The van der Waals surface area contributed by atoms with Crippen LogP contribution in [0.1, 0.15) is 120 Å². The molecule has 0 radical (unpaired) electrons. The highest BCUT2D eigenvalue weighted by Crippen LogP contribution is 2.76. The quantitative estimate of drug-likeness (QED) is 0.118. The van der Waals surface area contributed by atoms with Gasteiger partial charge in [-0.1, -0.05) is 60.1 Å². The molecule has 0 spiro atoms. The van der Waals surface area contributed by atoms with Gasteiger partial charge in [0.2, 0.25) is 5.91 Å². The molecule has 3 heterocycles. The van der Waals surface area contributed by atoms with Gasteiger partial charge in [-0.05, 0) is 147 Å². The third-order valence-corrected chi connectivity index (χ3v) is 21.0. The van der Waals surface area contributed by atoms with Gasteiger partial charge in [0, 0.05) is 5.69 Å². The topological polar surface area (TPSA) is 256 Å². The number of ether oxygens (including phenoxy) is 7. The highest BCUT2D eigenvalue weighted by molar-refractivity contribution is 5.96. The fraction of sp³-hybridized carbons (Fsp3) is 0.836. The minimum Gasteiger partial charge on any atom is -0.497 e. The number of carbonyl (C=O) groups excluding carboxylic acids is 1. The molecule has 0 bridgehead atoms. The van der Waals surface area contributed by atoms with Gasteiger partial charge >= 0.3 is 0 Å². The van der Waals surface area contributed by atoms with Gasteiger partial charge in [-0.15, -0.1) is 0 Å². The minimum absolute atomic E-state index is 0.0539. The molecule has 9 N–H and O–H groups in total. The molecule has 4 saturated carbocycles. The Morgan fingerprint density at radius 2 is 1.28 bits per heavy atom. The summed E-state index contributed by atoms with van der Waals surface area (Å²) in [5, 5.41) is 90.5. The van der Waals surface area contributed by atoms with Crippen LogP contribution in [0.15, 0.2) is 35.9 Å². The Morgan fingerprint density at radius 3 is 1.88 bits per heavy atom. The van der Waals surface area contributed by atoms with E-state index >= 15 is 0 Å². The van der Waals surface area contributed by atoms with Crippen molar-refractivity contribution in [3.05, 3.63) is 35.9 Å². The SMILES string of the molecule is COc1ccc(NC(=O)[C@]23CC[C@@H](C)[C@H](C)[C@H]2C2=CC[C@@H]4[C@@]5(C)CC[C@H](O[C@@H]6O[C@H](CO)[C@@H](O[C@@H]7O[C@@H](C)[C@H](O)[C@@H](O)[C@H]7O)[C@H](O)[C@H]6O[C@@H]6O[C@@H](C)[C@H](O)[C@@H](O)[C@H]6O)C(C)(C)[C@@H]5CC[C@@]4(C)[C@]2(C)CC3)cc1. The second-order valence-corrected chi connectivity index (χ2v) is 24.8. The normalized spacial score (nSPS) is 51.1. The molecular weight excluding hydrogens is 931 g/mol. The van der Waals surface area contributed by atoms with Gasteiger partial charge in [0.1, 0.15) is 66.8 Å². The summed E-state index contributed by atoms with van der Waals surface area (Å²) in [6, 6.07) is 7.61. The predicted octanol–water partition coefficient (Wildman–Crippen LogP) is 4.18. The largest absolute Gasteiger partial charge is 0.497 e. The first kappa shape index (κ1) is 54.5. The van der Waals surface area contributed by atoms with E-state index in [2.05, 4.69) is 59.9 Å². The van der Waals surface area contributed by atoms with E-state index in [0.29, 0.717) is 24.2 Å². The molecule has 3 aliphatic heterocycles. The Bertz CT molecular complexity index is 2130. The van der Waals surface area contributed by atoms with E-state index in [1.807, 2.05) is 24.3 Å². The fourth-order valence-corrected chi connectivity index (χ4v) is 16.2. The van der Waals surface area contributed by atoms with Crippen LogP contribution in [0.4, 0.5) is 5.69 Å². The van der Waals surface area contributed by atoms with Crippen LogP contribution in [0.25, 0.3) is 0 Å². The highest BCUT2D eigenvalue weighted by Gasteiger charge is 2.70. The molecule has 8 aliphatic rings. The summed E-state index contributed by atoms with van der Waals surface area (Å²) in [6.45, 7) is 19.0. The minimum atomic E-state index is -1.74. The lowest BCUT2D eigenvalue weighted by Gasteiger charge is -2.71. The molecule has 7 fully saturated rings. The Morgan fingerprint density at radius 1 is 0.667 bits per heavy atom. The maximum Gasteiger partial charge on any atom is 0.231 e.